The maximum Gasteiger partial charge on any atom is 0.338 e. The molecule has 1 atom stereocenters. The van der Waals surface area contributed by atoms with Crippen LogP contribution in [0.2, 0.25) is 0 Å². The molecule has 1 aromatic rings. The second-order valence-corrected chi connectivity index (χ2v) is 6.59. The molecule has 0 aliphatic carbocycles. The van der Waals surface area contributed by atoms with Crippen LogP contribution in [0.3, 0.4) is 0 Å². The lowest BCUT2D eigenvalue weighted by molar-refractivity contribution is -0.130. The Labute approximate surface area is 133 Å². The van der Waals surface area contributed by atoms with Gasteiger partial charge in [0.25, 0.3) is 0 Å². The molecule has 0 aromatic heterocycles. The van der Waals surface area contributed by atoms with E-state index < -0.39 is 0 Å². The van der Waals surface area contributed by atoms with Gasteiger partial charge in [-0.05, 0) is 70.6 Å². The molecule has 1 aromatic carbocycles. The van der Waals surface area contributed by atoms with Crippen molar-refractivity contribution in [1.29, 1.82) is 0 Å². The average molecular weight is 302 g/mol. The van der Waals surface area contributed by atoms with Crippen LogP contribution in [-0.2, 0) is 11.2 Å². The van der Waals surface area contributed by atoms with E-state index in [9.17, 15) is 4.79 Å². The van der Waals surface area contributed by atoms with E-state index in [0.717, 1.165) is 41.7 Å². The normalized spacial score (nSPS) is 20.1. The molecule has 0 bridgehead atoms. The van der Waals surface area contributed by atoms with Crippen LogP contribution in [0.15, 0.2) is 12.2 Å². The molecule has 1 heterocycles. The fourth-order valence-electron chi connectivity index (χ4n) is 2.86. The minimum Gasteiger partial charge on any atom is -0.487 e. The summed E-state index contributed by atoms with van der Waals surface area (Å²) in [5.74, 6) is 1.26. The molecule has 0 spiro atoms. The van der Waals surface area contributed by atoms with Gasteiger partial charge in [0.2, 0.25) is 0 Å². The van der Waals surface area contributed by atoms with Crippen LogP contribution >= 0.6 is 0 Å². The van der Waals surface area contributed by atoms with Crippen molar-refractivity contribution in [2.24, 2.45) is 0 Å². The molecule has 1 aliphatic rings. The number of carbonyl (C=O) groups excluding carboxylic acids is 1. The van der Waals surface area contributed by atoms with Gasteiger partial charge in [-0.25, -0.2) is 4.79 Å². The van der Waals surface area contributed by atoms with Crippen LogP contribution in [0.25, 0.3) is 0 Å². The van der Waals surface area contributed by atoms with Crippen LogP contribution in [0.4, 0.5) is 0 Å². The third-order valence-electron chi connectivity index (χ3n) is 4.85. The first-order valence-corrected chi connectivity index (χ1v) is 7.89. The van der Waals surface area contributed by atoms with Gasteiger partial charge in [-0.3, -0.25) is 0 Å². The maximum absolute atomic E-state index is 11.9. The Hall–Kier alpha value is -1.77. The highest BCUT2D eigenvalue weighted by atomic mass is 16.5. The number of hydrogen-bond acceptors (Lipinski definition) is 3. The summed E-state index contributed by atoms with van der Waals surface area (Å²) in [4.78, 5) is 11.9. The van der Waals surface area contributed by atoms with Gasteiger partial charge in [0.05, 0.1) is 0 Å². The first-order chi connectivity index (χ1) is 10.2. The summed E-state index contributed by atoms with van der Waals surface area (Å²) < 4.78 is 11.9. The van der Waals surface area contributed by atoms with E-state index in [4.69, 9.17) is 9.47 Å². The number of fused-ring (bicyclic) bond motifs is 1. The highest BCUT2D eigenvalue weighted by molar-refractivity contribution is 5.89. The van der Waals surface area contributed by atoms with Crippen molar-refractivity contribution in [2.75, 3.05) is 0 Å². The number of rotatable bonds is 3. The Morgan fingerprint density at radius 3 is 2.45 bits per heavy atom. The molecule has 0 saturated carbocycles. The van der Waals surface area contributed by atoms with Crippen LogP contribution in [-0.4, -0.2) is 11.6 Å². The second-order valence-electron chi connectivity index (χ2n) is 6.59. The van der Waals surface area contributed by atoms with Gasteiger partial charge >= 0.3 is 5.97 Å². The van der Waals surface area contributed by atoms with E-state index in [0.29, 0.717) is 11.3 Å². The molecule has 0 amide bonds. The number of carbonyl (C=O) groups is 1. The quantitative estimate of drug-likeness (QED) is 0.465. The third kappa shape index (κ3) is 2.77. The minimum absolute atomic E-state index is 0.105. The van der Waals surface area contributed by atoms with Crippen molar-refractivity contribution in [3.63, 3.8) is 0 Å². The summed E-state index contributed by atoms with van der Waals surface area (Å²) in [7, 11) is 0. The molecule has 0 saturated heterocycles. The SMILES string of the molecule is C=C(C)C(=O)Oc1c(C)c(C)c2c(c1C)CCC(C)(CC)O2. The number of hydrogen-bond donors (Lipinski definition) is 0. The fraction of sp³-hybridized carbons (Fsp3) is 0.526. The summed E-state index contributed by atoms with van der Waals surface area (Å²) >= 11 is 0. The zero-order valence-electron chi connectivity index (χ0n) is 14.6. The molecular formula is C19H26O3. The summed E-state index contributed by atoms with van der Waals surface area (Å²) in [5, 5.41) is 0. The van der Waals surface area contributed by atoms with Gasteiger partial charge in [0.1, 0.15) is 17.1 Å². The fourth-order valence-corrected chi connectivity index (χ4v) is 2.86. The Morgan fingerprint density at radius 1 is 1.27 bits per heavy atom. The van der Waals surface area contributed by atoms with Gasteiger partial charge in [-0.15, -0.1) is 0 Å². The minimum atomic E-state index is -0.374. The molecule has 22 heavy (non-hydrogen) atoms. The lowest BCUT2D eigenvalue weighted by atomic mass is 9.86. The zero-order valence-corrected chi connectivity index (χ0v) is 14.6. The van der Waals surface area contributed by atoms with Gasteiger partial charge in [-0.2, -0.15) is 0 Å². The molecule has 120 valence electrons. The van der Waals surface area contributed by atoms with Crippen molar-refractivity contribution in [1.82, 2.24) is 0 Å². The third-order valence-corrected chi connectivity index (χ3v) is 4.85. The average Bonchev–Trinajstić information content (AvgIpc) is 2.49. The van der Waals surface area contributed by atoms with Gasteiger partial charge < -0.3 is 9.47 Å². The predicted molar refractivity (Wildman–Crippen MR) is 88.7 cm³/mol. The van der Waals surface area contributed by atoms with Gasteiger partial charge in [0, 0.05) is 11.1 Å². The van der Waals surface area contributed by atoms with Crippen LogP contribution in [0, 0.1) is 20.8 Å². The van der Waals surface area contributed by atoms with Crippen LogP contribution < -0.4 is 9.47 Å². The topological polar surface area (TPSA) is 35.5 Å². The van der Waals surface area contributed by atoms with E-state index in [1.54, 1.807) is 6.92 Å². The highest BCUT2D eigenvalue weighted by Crippen LogP contribution is 2.44. The summed E-state index contributed by atoms with van der Waals surface area (Å²) in [6, 6.07) is 0. The van der Waals surface area contributed by atoms with Crippen molar-refractivity contribution in [3.8, 4) is 11.5 Å². The van der Waals surface area contributed by atoms with E-state index in [1.807, 2.05) is 20.8 Å². The summed E-state index contributed by atoms with van der Waals surface area (Å²) in [5.41, 5.74) is 4.50. The Bertz CT molecular complexity index is 643. The van der Waals surface area contributed by atoms with E-state index in [-0.39, 0.29) is 11.6 Å². The molecular weight excluding hydrogens is 276 g/mol. The lowest BCUT2D eigenvalue weighted by Gasteiger charge is -2.37. The summed E-state index contributed by atoms with van der Waals surface area (Å²) in [6.07, 6.45) is 2.91. The van der Waals surface area contributed by atoms with Crippen LogP contribution in [0.1, 0.15) is 55.9 Å². The first kappa shape index (κ1) is 16.6. The first-order valence-electron chi connectivity index (χ1n) is 7.89. The van der Waals surface area contributed by atoms with Gasteiger partial charge in [0.15, 0.2) is 0 Å². The van der Waals surface area contributed by atoms with E-state index in [1.165, 1.54) is 5.56 Å². The number of benzene rings is 1. The maximum atomic E-state index is 11.9. The molecule has 1 aliphatic heterocycles. The highest BCUT2D eigenvalue weighted by Gasteiger charge is 2.33. The van der Waals surface area contributed by atoms with Crippen LogP contribution in [0.5, 0.6) is 11.5 Å². The molecule has 0 radical (unpaired) electrons. The summed E-state index contributed by atoms with van der Waals surface area (Å²) in [6.45, 7) is 15.6. The predicted octanol–water partition coefficient (Wildman–Crippen LogP) is 4.59. The van der Waals surface area contributed by atoms with Gasteiger partial charge in [-0.1, -0.05) is 13.5 Å². The Kier molecular flexibility index (Phi) is 4.37. The standard InChI is InChI=1S/C19H26O3/c1-8-19(7)10-9-15-14(6)16(21-18(20)11(2)3)12(4)13(5)17(15)22-19/h2,8-10H2,1,3-7H3. The van der Waals surface area contributed by atoms with Crippen molar-refractivity contribution >= 4 is 5.97 Å². The van der Waals surface area contributed by atoms with Crippen molar-refractivity contribution in [3.05, 3.63) is 34.4 Å². The van der Waals surface area contributed by atoms with E-state index in [2.05, 4.69) is 20.4 Å². The molecule has 2 rings (SSSR count). The largest absolute Gasteiger partial charge is 0.487 e. The Balaban J connectivity index is 2.52. The molecule has 1 unspecified atom stereocenters. The molecule has 0 N–H and O–H groups in total. The molecule has 3 nitrogen and oxygen atoms in total. The Morgan fingerprint density at radius 2 is 1.91 bits per heavy atom. The second kappa shape index (κ2) is 5.79. The molecule has 0 fully saturated rings. The van der Waals surface area contributed by atoms with Crippen molar-refractivity contribution < 1.29 is 14.3 Å². The smallest absolute Gasteiger partial charge is 0.338 e. The number of esters is 1. The van der Waals surface area contributed by atoms with Crippen molar-refractivity contribution in [2.45, 2.75) is 66.4 Å². The number of ether oxygens (including phenoxy) is 2. The lowest BCUT2D eigenvalue weighted by Crippen LogP contribution is -2.36. The zero-order chi connectivity index (χ0) is 16.7. The molecule has 3 heteroatoms. The monoisotopic (exact) mass is 302 g/mol. The van der Waals surface area contributed by atoms with E-state index >= 15 is 0 Å².